The van der Waals surface area contributed by atoms with Crippen LogP contribution in [0.2, 0.25) is 0 Å². The van der Waals surface area contributed by atoms with Gasteiger partial charge in [-0.25, -0.2) is 4.98 Å². The number of nitrogen functional groups attached to an aromatic ring is 1. The quantitative estimate of drug-likeness (QED) is 0.761. The molecule has 1 aromatic carbocycles. The summed E-state index contributed by atoms with van der Waals surface area (Å²) >= 11 is 1.25. The van der Waals surface area contributed by atoms with E-state index in [9.17, 15) is 4.79 Å². The average Bonchev–Trinajstić information content (AvgIpc) is 2.76. The number of anilines is 1. The zero-order chi connectivity index (χ0) is 15.1. The lowest BCUT2D eigenvalue weighted by molar-refractivity contribution is 0.100. The van der Waals surface area contributed by atoms with Crippen LogP contribution in [0.15, 0.2) is 30.3 Å². The molecule has 0 bridgehead atoms. The molecular weight excluding hydrogens is 282 g/mol. The van der Waals surface area contributed by atoms with Gasteiger partial charge < -0.3 is 11.5 Å². The van der Waals surface area contributed by atoms with Gasteiger partial charge in [0.1, 0.15) is 9.71 Å². The molecule has 4 nitrogen and oxygen atoms in total. The maximum atomic E-state index is 11.4. The van der Waals surface area contributed by atoms with Crippen LogP contribution >= 0.6 is 11.3 Å². The molecule has 2 aromatic heterocycles. The largest absolute Gasteiger partial charge is 0.397 e. The van der Waals surface area contributed by atoms with E-state index in [1.807, 2.05) is 38.1 Å². The van der Waals surface area contributed by atoms with E-state index in [4.69, 9.17) is 11.5 Å². The number of rotatable bonds is 2. The van der Waals surface area contributed by atoms with Gasteiger partial charge in [-0.15, -0.1) is 11.3 Å². The molecule has 0 spiro atoms. The first-order chi connectivity index (χ1) is 9.97. The number of nitrogens with two attached hydrogens (primary N) is 2. The molecule has 21 heavy (non-hydrogen) atoms. The predicted octanol–water partition coefficient (Wildman–Crippen LogP) is 3.26. The van der Waals surface area contributed by atoms with E-state index in [0.717, 1.165) is 27.0 Å². The molecule has 5 heteroatoms. The van der Waals surface area contributed by atoms with E-state index in [1.165, 1.54) is 16.9 Å². The standard InChI is InChI=1S/C16H15N3OS/c1-8-4-3-5-10(6-8)11-7-9(2)12-13(17)14(15(18)20)21-16(12)19-11/h3-7H,17H2,1-2H3,(H2,18,20). The van der Waals surface area contributed by atoms with Crippen molar-refractivity contribution in [3.05, 3.63) is 46.3 Å². The van der Waals surface area contributed by atoms with Crippen molar-refractivity contribution in [2.45, 2.75) is 13.8 Å². The lowest BCUT2D eigenvalue weighted by Gasteiger charge is -2.05. The van der Waals surface area contributed by atoms with Gasteiger partial charge in [0.2, 0.25) is 0 Å². The van der Waals surface area contributed by atoms with Crippen molar-refractivity contribution in [3.8, 4) is 11.3 Å². The van der Waals surface area contributed by atoms with Crippen LogP contribution in [0.25, 0.3) is 21.5 Å². The highest BCUT2D eigenvalue weighted by Crippen LogP contribution is 2.36. The number of aryl methyl sites for hydroxylation is 2. The van der Waals surface area contributed by atoms with Crippen molar-refractivity contribution < 1.29 is 4.79 Å². The number of amides is 1. The molecule has 2 heterocycles. The number of thiophene rings is 1. The minimum absolute atomic E-state index is 0.377. The Morgan fingerprint density at radius 3 is 2.67 bits per heavy atom. The Labute approximate surface area is 126 Å². The zero-order valence-corrected chi connectivity index (χ0v) is 12.6. The first-order valence-corrected chi connectivity index (χ1v) is 7.35. The Hall–Kier alpha value is -2.40. The first kappa shape index (κ1) is 13.6. The second-order valence-electron chi connectivity index (χ2n) is 5.08. The monoisotopic (exact) mass is 297 g/mol. The highest BCUT2D eigenvalue weighted by Gasteiger charge is 2.17. The Kier molecular flexibility index (Phi) is 3.14. The molecular formula is C16H15N3OS. The minimum Gasteiger partial charge on any atom is -0.397 e. The lowest BCUT2D eigenvalue weighted by atomic mass is 10.1. The van der Waals surface area contributed by atoms with Crippen LogP contribution in [0, 0.1) is 13.8 Å². The van der Waals surface area contributed by atoms with Crippen LogP contribution in [0.4, 0.5) is 5.69 Å². The second kappa shape index (κ2) is 4.86. The van der Waals surface area contributed by atoms with Crippen LogP contribution in [0.3, 0.4) is 0 Å². The van der Waals surface area contributed by atoms with Crippen molar-refractivity contribution >= 4 is 33.1 Å². The first-order valence-electron chi connectivity index (χ1n) is 6.54. The zero-order valence-electron chi connectivity index (χ0n) is 11.8. The normalized spacial score (nSPS) is 11.0. The number of hydrogen-bond acceptors (Lipinski definition) is 4. The van der Waals surface area contributed by atoms with Gasteiger partial charge in [0.15, 0.2) is 0 Å². The van der Waals surface area contributed by atoms with Gasteiger partial charge in [-0.3, -0.25) is 4.79 Å². The summed E-state index contributed by atoms with van der Waals surface area (Å²) < 4.78 is 0. The Morgan fingerprint density at radius 2 is 2.00 bits per heavy atom. The fourth-order valence-electron chi connectivity index (χ4n) is 2.45. The number of carbonyl (C=O) groups is 1. The number of primary amides is 1. The summed E-state index contributed by atoms with van der Waals surface area (Å²) in [5.41, 5.74) is 15.9. The van der Waals surface area contributed by atoms with Gasteiger partial charge >= 0.3 is 0 Å². The molecule has 0 saturated heterocycles. The number of hydrogen-bond donors (Lipinski definition) is 2. The van der Waals surface area contributed by atoms with Crippen molar-refractivity contribution in [1.82, 2.24) is 4.98 Å². The third kappa shape index (κ3) is 2.25. The van der Waals surface area contributed by atoms with Gasteiger partial charge in [-0.1, -0.05) is 23.8 Å². The smallest absolute Gasteiger partial charge is 0.260 e. The number of nitrogens with zero attached hydrogens (tertiary/aromatic N) is 1. The van der Waals surface area contributed by atoms with E-state index < -0.39 is 5.91 Å². The van der Waals surface area contributed by atoms with Gasteiger partial charge in [-0.2, -0.15) is 0 Å². The molecule has 1 amide bonds. The minimum atomic E-state index is -0.507. The van der Waals surface area contributed by atoms with Gasteiger partial charge in [0.05, 0.1) is 11.4 Å². The van der Waals surface area contributed by atoms with Crippen LogP contribution in [-0.4, -0.2) is 10.9 Å². The molecule has 0 aliphatic heterocycles. The predicted molar refractivity (Wildman–Crippen MR) is 87.5 cm³/mol. The van der Waals surface area contributed by atoms with Crippen LogP contribution in [-0.2, 0) is 0 Å². The second-order valence-corrected chi connectivity index (χ2v) is 6.08. The van der Waals surface area contributed by atoms with Gasteiger partial charge in [-0.05, 0) is 31.5 Å². The molecule has 106 valence electrons. The van der Waals surface area contributed by atoms with Crippen molar-refractivity contribution in [3.63, 3.8) is 0 Å². The van der Waals surface area contributed by atoms with E-state index in [-0.39, 0.29) is 0 Å². The summed E-state index contributed by atoms with van der Waals surface area (Å²) in [6.07, 6.45) is 0. The van der Waals surface area contributed by atoms with Crippen molar-refractivity contribution in [1.29, 1.82) is 0 Å². The topological polar surface area (TPSA) is 82.0 Å². The van der Waals surface area contributed by atoms with E-state index in [0.29, 0.717) is 10.6 Å². The van der Waals surface area contributed by atoms with Crippen molar-refractivity contribution in [2.24, 2.45) is 5.73 Å². The molecule has 0 fully saturated rings. The SMILES string of the molecule is Cc1cccc(-c2cc(C)c3c(N)c(C(N)=O)sc3n2)c1. The number of benzene rings is 1. The van der Waals surface area contributed by atoms with Crippen LogP contribution in [0.1, 0.15) is 20.8 Å². The molecule has 4 N–H and O–H groups in total. The highest BCUT2D eigenvalue weighted by molar-refractivity contribution is 7.21. The Balaban J connectivity index is 2.26. The van der Waals surface area contributed by atoms with Crippen molar-refractivity contribution in [2.75, 3.05) is 5.73 Å². The molecule has 0 aliphatic rings. The molecule has 3 aromatic rings. The van der Waals surface area contributed by atoms with Gasteiger partial charge in [0, 0.05) is 10.9 Å². The molecule has 0 radical (unpaired) electrons. The van der Waals surface area contributed by atoms with Gasteiger partial charge in [0.25, 0.3) is 5.91 Å². The average molecular weight is 297 g/mol. The van der Waals surface area contributed by atoms with E-state index in [2.05, 4.69) is 11.1 Å². The van der Waals surface area contributed by atoms with Crippen LogP contribution in [0.5, 0.6) is 0 Å². The molecule has 0 aliphatic carbocycles. The maximum Gasteiger partial charge on any atom is 0.260 e. The molecule has 0 atom stereocenters. The fraction of sp³-hybridized carbons (Fsp3) is 0.125. The van der Waals surface area contributed by atoms with E-state index in [1.54, 1.807) is 0 Å². The van der Waals surface area contributed by atoms with Crippen LogP contribution < -0.4 is 11.5 Å². The third-order valence-electron chi connectivity index (χ3n) is 3.43. The third-order valence-corrected chi connectivity index (χ3v) is 4.55. The molecule has 3 rings (SSSR count). The summed E-state index contributed by atoms with van der Waals surface area (Å²) in [4.78, 5) is 17.2. The Morgan fingerprint density at radius 1 is 1.24 bits per heavy atom. The number of aromatic nitrogens is 1. The number of fused-ring (bicyclic) bond motifs is 1. The Bertz CT molecular complexity index is 867. The maximum absolute atomic E-state index is 11.4. The van der Waals surface area contributed by atoms with E-state index >= 15 is 0 Å². The summed E-state index contributed by atoms with van der Waals surface area (Å²) in [6.45, 7) is 4.01. The number of carbonyl (C=O) groups excluding carboxylic acids is 1. The number of pyridine rings is 1. The fourth-order valence-corrected chi connectivity index (χ4v) is 3.47. The summed E-state index contributed by atoms with van der Waals surface area (Å²) in [5, 5.41) is 0.824. The molecule has 0 unspecified atom stereocenters. The summed E-state index contributed by atoms with van der Waals surface area (Å²) in [7, 11) is 0. The summed E-state index contributed by atoms with van der Waals surface area (Å²) in [6, 6.07) is 10.1. The molecule has 0 saturated carbocycles. The highest BCUT2D eigenvalue weighted by atomic mass is 32.1. The summed E-state index contributed by atoms with van der Waals surface area (Å²) in [5.74, 6) is -0.507. The lowest BCUT2D eigenvalue weighted by Crippen LogP contribution is -2.10.